The van der Waals surface area contributed by atoms with Crippen molar-refractivity contribution < 1.29 is 27.9 Å². The number of aliphatic carboxylic acids is 1. The third-order valence-electron chi connectivity index (χ3n) is 3.66. The fraction of sp³-hybridized carbons (Fsp3) is 0.467. The van der Waals surface area contributed by atoms with E-state index in [0.717, 1.165) is 0 Å². The highest BCUT2D eigenvalue weighted by Crippen LogP contribution is 2.38. The summed E-state index contributed by atoms with van der Waals surface area (Å²) < 4.78 is 39.4. The zero-order chi connectivity index (χ0) is 16.3. The first-order chi connectivity index (χ1) is 10.3. The van der Waals surface area contributed by atoms with Crippen LogP contribution in [0.2, 0.25) is 0 Å². The van der Waals surface area contributed by atoms with Crippen LogP contribution in [0.15, 0.2) is 30.3 Å². The monoisotopic (exact) mass is 315 g/mol. The van der Waals surface area contributed by atoms with Crippen molar-refractivity contribution in [3.63, 3.8) is 0 Å². The molecule has 1 aromatic carbocycles. The summed E-state index contributed by atoms with van der Waals surface area (Å²) in [7, 11) is 0. The summed E-state index contributed by atoms with van der Waals surface area (Å²) in [6, 6.07) is 6.04. The van der Waals surface area contributed by atoms with Gasteiger partial charge in [0.15, 0.2) is 0 Å². The Labute approximate surface area is 125 Å². The van der Waals surface area contributed by atoms with Gasteiger partial charge in [0.2, 0.25) is 5.91 Å². The molecule has 1 saturated carbocycles. The number of carboxylic acid groups (broad SMARTS) is 1. The van der Waals surface area contributed by atoms with Gasteiger partial charge >= 0.3 is 12.1 Å². The largest absolute Gasteiger partial charge is 0.480 e. The number of hydrogen-bond acceptors (Lipinski definition) is 2. The number of rotatable bonds is 6. The molecular weight excluding hydrogens is 299 g/mol. The highest BCUT2D eigenvalue weighted by molar-refractivity contribution is 5.84. The van der Waals surface area contributed by atoms with Crippen molar-refractivity contribution in [2.24, 2.45) is 5.92 Å². The number of alkyl halides is 3. The molecule has 1 aliphatic rings. The predicted molar refractivity (Wildman–Crippen MR) is 72.1 cm³/mol. The van der Waals surface area contributed by atoms with Crippen molar-refractivity contribution in [1.82, 2.24) is 5.32 Å². The summed E-state index contributed by atoms with van der Waals surface area (Å²) in [5.74, 6) is -4.23. The molecule has 1 aromatic rings. The van der Waals surface area contributed by atoms with E-state index in [1.807, 2.05) is 0 Å². The maximum absolute atomic E-state index is 13.1. The number of carbonyl (C=O) groups is 2. The van der Waals surface area contributed by atoms with E-state index < -0.39 is 36.4 Å². The van der Waals surface area contributed by atoms with E-state index in [1.54, 1.807) is 6.07 Å². The van der Waals surface area contributed by atoms with Gasteiger partial charge in [-0.25, -0.2) is 4.79 Å². The third kappa shape index (κ3) is 4.22. The number of carboxylic acids is 1. The topological polar surface area (TPSA) is 66.4 Å². The molecule has 1 fully saturated rings. The van der Waals surface area contributed by atoms with E-state index in [1.165, 1.54) is 24.3 Å². The van der Waals surface area contributed by atoms with E-state index in [4.69, 9.17) is 5.11 Å². The van der Waals surface area contributed by atoms with Crippen LogP contribution in [0.3, 0.4) is 0 Å². The van der Waals surface area contributed by atoms with E-state index in [2.05, 4.69) is 5.32 Å². The molecule has 0 radical (unpaired) electrons. The average molecular weight is 315 g/mol. The van der Waals surface area contributed by atoms with E-state index in [9.17, 15) is 22.8 Å². The molecule has 120 valence electrons. The van der Waals surface area contributed by atoms with Crippen LogP contribution in [-0.2, 0) is 9.59 Å². The zero-order valence-electron chi connectivity index (χ0n) is 11.6. The van der Waals surface area contributed by atoms with Gasteiger partial charge < -0.3 is 10.4 Å². The normalized spacial score (nSPS) is 17.6. The SMILES string of the molecule is O=C(CC(c1ccccc1)C(F)(F)F)NC(C(=O)O)C1CC1. The van der Waals surface area contributed by atoms with Crippen LogP contribution in [0.4, 0.5) is 13.2 Å². The minimum Gasteiger partial charge on any atom is -0.480 e. The summed E-state index contributed by atoms with van der Waals surface area (Å²) in [5.41, 5.74) is -0.0107. The molecule has 2 unspecified atom stereocenters. The first kappa shape index (κ1) is 16.3. The van der Waals surface area contributed by atoms with Gasteiger partial charge in [-0.2, -0.15) is 13.2 Å². The summed E-state index contributed by atoms with van der Waals surface area (Å²) in [4.78, 5) is 22.9. The van der Waals surface area contributed by atoms with Crippen molar-refractivity contribution in [3.05, 3.63) is 35.9 Å². The maximum Gasteiger partial charge on any atom is 0.396 e. The molecule has 2 N–H and O–H groups in total. The second-order valence-corrected chi connectivity index (χ2v) is 5.43. The number of benzene rings is 1. The fourth-order valence-electron chi connectivity index (χ4n) is 2.34. The van der Waals surface area contributed by atoms with Crippen molar-refractivity contribution in [1.29, 1.82) is 0 Å². The Hall–Kier alpha value is -2.05. The van der Waals surface area contributed by atoms with Crippen LogP contribution in [-0.4, -0.2) is 29.2 Å². The van der Waals surface area contributed by atoms with Gasteiger partial charge in [-0.3, -0.25) is 4.79 Å². The molecule has 0 saturated heterocycles. The Balaban J connectivity index is 2.07. The first-order valence-corrected chi connectivity index (χ1v) is 6.93. The molecule has 0 aliphatic heterocycles. The van der Waals surface area contributed by atoms with Crippen molar-refractivity contribution in [3.8, 4) is 0 Å². The quantitative estimate of drug-likeness (QED) is 0.848. The molecule has 2 rings (SSSR count). The molecule has 0 spiro atoms. The summed E-state index contributed by atoms with van der Waals surface area (Å²) in [5, 5.41) is 11.2. The van der Waals surface area contributed by atoms with Gasteiger partial charge in [-0.1, -0.05) is 30.3 Å². The summed E-state index contributed by atoms with van der Waals surface area (Å²) in [6.07, 6.45) is -4.06. The smallest absolute Gasteiger partial charge is 0.396 e. The second kappa shape index (κ2) is 6.37. The minimum absolute atomic E-state index is 0.0107. The summed E-state index contributed by atoms with van der Waals surface area (Å²) in [6.45, 7) is 0. The number of nitrogens with one attached hydrogen (secondary N) is 1. The Bertz CT molecular complexity index is 541. The van der Waals surface area contributed by atoms with Crippen molar-refractivity contribution in [2.75, 3.05) is 0 Å². The van der Waals surface area contributed by atoms with Gasteiger partial charge in [0, 0.05) is 6.42 Å². The van der Waals surface area contributed by atoms with Gasteiger partial charge in [0.25, 0.3) is 0 Å². The number of hydrogen-bond donors (Lipinski definition) is 2. The molecule has 22 heavy (non-hydrogen) atoms. The first-order valence-electron chi connectivity index (χ1n) is 6.93. The standard InChI is InChI=1S/C15H16F3NO3/c16-15(17,18)11(9-4-2-1-3-5-9)8-12(20)19-13(14(21)22)10-6-7-10/h1-5,10-11,13H,6-8H2,(H,19,20)(H,21,22). The lowest BCUT2D eigenvalue weighted by molar-refractivity contribution is -0.158. The van der Waals surface area contributed by atoms with Crippen LogP contribution in [0.1, 0.15) is 30.7 Å². The third-order valence-corrected chi connectivity index (χ3v) is 3.66. The van der Waals surface area contributed by atoms with Crippen molar-refractivity contribution in [2.45, 2.75) is 37.4 Å². The van der Waals surface area contributed by atoms with Crippen LogP contribution in [0.25, 0.3) is 0 Å². The number of carbonyl (C=O) groups excluding carboxylic acids is 1. The maximum atomic E-state index is 13.1. The lowest BCUT2D eigenvalue weighted by atomic mass is 9.94. The van der Waals surface area contributed by atoms with Crippen molar-refractivity contribution >= 4 is 11.9 Å². The Kier molecular flexibility index (Phi) is 4.73. The van der Waals surface area contributed by atoms with Gasteiger partial charge in [0.05, 0.1) is 5.92 Å². The molecule has 1 amide bonds. The lowest BCUT2D eigenvalue weighted by Gasteiger charge is -2.21. The highest BCUT2D eigenvalue weighted by atomic mass is 19.4. The lowest BCUT2D eigenvalue weighted by Crippen LogP contribution is -2.43. The molecule has 7 heteroatoms. The van der Waals surface area contributed by atoms with Crippen LogP contribution in [0, 0.1) is 5.92 Å². The molecule has 0 bridgehead atoms. The predicted octanol–water partition coefficient (Wildman–Crippen LogP) is 2.70. The molecular formula is C15H16F3NO3. The summed E-state index contributed by atoms with van der Waals surface area (Å²) >= 11 is 0. The second-order valence-electron chi connectivity index (χ2n) is 5.43. The Morgan fingerprint density at radius 3 is 2.27 bits per heavy atom. The minimum atomic E-state index is -4.57. The fourth-order valence-corrected chi connectivity index (χ4v) is 2.34. The van der Waals surface area contributed by atoms with E-state index in [-0.39, 0.29) is 11.5 Å². The molecule has 2 atom stereocenters. The Morgan fingerprint density at radius 2 is 1.82 bits per heavy atom. The van der Waals surface area contributed by atoms with Crippen LogP contribution in [0.5, 0.6) is 0 Å². The molecule has 1 aliphatic carbocycles. The highest BCUT2D eigenvalue weighted by Gasteiger charge is 2.43. The van der Waals surface area contributed by atoms with E-state index >= 15 is 0 Å². The molecule has 4 nitrogen and oxygen atoms in total. The van der Waals surface area contributed by atoms with Gasteiger partial charge in [-0.05, 0) is 24.3 Å². The van der Waals surface area contributed by atoms with Crippen LogP contribution < -0.4 is 5.32 Å². The average Bonchev–Trinajstić information content (AvgIpc) is 3.26. The zero-order valence-corrected chi connectivity index (χ0v) is 11.6. The Morgan fingerprint density at radius 1 is 1.23 bits per heavy atom. The molecule has 0 heterocycles. The van der Waals surface area contributed by atoms with Crippen LogP contribution >= 0.6 is 0 Å². The number of amides is 1. The van der Waals surface area contributed by atoms with E-state index in [0.29, 0.717) is 12.8 Å². The van der Waals surface area contributed by atoms with Gasteiger partial charge in [-0.15, -0.1) is 0 Å². The van der Waals surface area contributed by atoms with Gasteiger partial charge in [0.1, 0.15) is 6.04 Å². The molecule has 0 aromatic heterocycles. The number of halogens is 3.